The van der Waals surface area contributed by atoms with Crippen molar-refractivity contribution in [3.8, 4) is 5.75 Å². The van der Waals surface area contributed by atoms with Crippen LogP contribution in [-0.2, 0) is 16.6 Å². The van der Waals surface area contributed by atoms with E-state index in [1.165, 1.54) is 24.0 Å². The number of hydrogen-bond acceptors (Lipinski definition) is 4. The van der Waals surface area contributed by atoms with Crippen molar-refractivity contribution >= 4 is 16.8 Å². The third kappa shape index (κ3) is 2.25. The zero-order valence-corrected chi connectivity index (χ0v) is 16.0. The molecule has 4 atom stereocenters. The van der Waals surface area contributed by atoms with E-state index in [9.17, 15) is 9.90 Å². The second-order valence-corrected chi connectivity index (χ2v) is 9.22. The molecule has 2 bridgehead atoms. The van der Waals surface area contributed by atoms with Crippen molar-refractivity contribution in [3.05, 3.63) is 29.3 Å². The Morgan fingerprint density at radius 3 is 2.88 bits per heavy atom. The van der Waals surface area contributed by atoms with Gasteiger partial charge in [0.15, 0.2) is 0 Å². The third-order valence-electron chi connectivity index (χ3n) is 7.56. The maximum absolute atomic E-state index is 12.0. The predicted molar refractivity (Wildman–Crippen MR) is 99.6 cm³/mol. The van der Waals surface area contributed by atoms with Gasteiger partial charge in [0.05, 0.1) is 12.7 Å². The third-order valence-corrected chi connectivity index (χ3v) is 7.86. The Hall–Kier alpha value is -1.10. The number of nitrogens with zero attached hydrogens (tertiary/aromatic N) is 1. The Kier molecular flexibility index (Phi) is 3.73. The summed E-state index contributed by atoms with van der Waals surface area (Å²) in [5, 5.41) is 11.7. The summed E-state index contributed by atoms with van der Waals surface area (Å²) in [7, 11) is 1.68. The zero-order chi connectivity index (χ0) is 18.1. The van der Waals surface area contributed by atoms with Gasteiger partial charge in [0, 0.05) is 23.9 Å². The van der Waals surface area contributed by atoms with Crippen LogP contribution in [0.4, 0.5) is 0 Å². The van der Waals surface area contributed by atoms with Crippen LogP contribution in [0.5, 0.6) is 5.75 Å². The summed E-state index contributed by atoms with van der Waals surface area (Å²) in [6.45, 7) is 2.07. The summed E-state index contributed by atoms with van der Waals surface area (Å²) in [6, 6.07) is 6.34. The molecule has 1 aromatic carbocycles. The van der Waals surface area contributed by atoms with Crippen LogP contribution in [0.25, 0.3) is 0 Å². The van der Waals surface area contributed by atoms with E-state index in [0.717, 1.165) is 37.6 Å². The van der Waals surface area contributed by atoms with Crippen LogP contribution < -0.4 is 4.74 Å². The average molecular weight is 376 g/mol. The summed E-state index contributed by atoms with van der Waals surface area (Å²) in [4.78, 5) is 14.5. The quantitative estimate of drug-likeness (QED) is 0.822. The van der Waals surface area contributed by atoms with E-state index in [-0.39, 0.29) is 22.6 Å². The molecule has 1 saturated heterocycles. The highest BCUT2D eigenvalue weighted by Crippen LogP contribution is 2.62. The fourth-order valence-electron chi connectivity index (χ4n) is 6.11. The summed E-state index contributed by atoms with van der Waals surface area (Å²) in [5.41, 5.74) is 1.22. The maximum Gasteiger partial charge on any atom is 0.224 e. The molecule has 140 valence electrons. The molecule has 1 N–H and O–H groups in total. The number of aliphatic hydroxyl groups is 1. The molecule has 0 radical (unpaired) electrons. The Bertz CT molecular complexity index is 764. The Morgan fingerprint density at radius 2 is 2.19 bits per heavy atom. The number of carbonyl (C=O) groups is 1. The molecule has 1 aromatic rings. The molecule has 3 fully saturated rings. The molecule has 3 aliphatic carbocycles. The largest absolute Gasteiger partial charge is 0.497 e. The number of hydrogen-bond donors (Lipinski definition) is 1. The summed E-state index contributed by atoms with van der Waals surface area (Å²) < 4.78 is 5.47. The minimum Gasteiger partial charge on any atom is -0.497 e. The summed E-state index contributed by atoms with van der Waals surface area (Å²) in [5.74, 6) is 1.34. The molecule has 4 nitrogen and oxygen atoms in total. The predicted octanol–water partition coefficient (Wildman–Crippen LogP) is 2.88. The van der Waals surface area contributed by atoms with Crippen LogP contribution >= 0.6 is 11.6 Å². The minimum atomic E-state index is -0.880. The molecule has 0 spiro atoms. The van der Waals surface area contributed by atoms with Crippen LogP contribution in [0, 0.1) is 11.8 Å². The number of halogens is 1. The lowest BCUT2D eigenvalue weighted by Crippen LogP contribution is -2.69. The number of rotatable bonds is 4. The van der Waals surface area contributed by atoms with Gasteiger partial charge in [-0.1, -0.05) is 6.07 Å². The topological polar surface area (TPSA) is 49.8 Å². The first-order valence-corrected chi connectivity index (χ1v) is 10.2. The zero-order valence-electron chi connectivity index (χ0n) is 15.2. The number of fused-ring (bicyclic) bond motifs is 1. The van der Waals surface area contributed by atoms with Gasteiger partial charge in [-0.05, 0) is 85.8 Å². The fourth-order valence-corrected chi connectivity index (χ4v) is 6.26. The normalized spacial score (nSPS) is 38.6. The average Bonchev–Trinajstić information content (AvgIpc) is 3.36. The molecule has 26 heavy (non-hydrogen) atoms. The lowest BCUT2D eigenvalue weighted by molar-refractivity contribution is -0.132. The van der Waals surface area contributed by atoms with Crippen LogP contribution in [0.15, 0.2) is 18.2 Å². The summed E-state index contributed by atoms with van der Waals surface area (Å²) >= 11 is 5.93. The van der Waals surface area contributed by atoms with Crippen LogP contribution in [0.3, 0.4) is 0 Å². The molecule has 4 aliphatic rings. The van der Waals surface area contributed by atoms with Crippen molar-refractivity contribution in [2.45, 2.75) is 55.6 Å². The van der Waals surface area contributed by atoms with Gasteiger partial charge < -0.3 is 9.84 Å². The highest BCUT2D eigenvalue weighted by molar-refractivity contribution is 6.64. The van der Waals surface area contributed by atoms with E-state index in [1.807, 2.05) is 6.07 Å². The van der Waals surface area contributed by atoms with E-state index in [4.69, 9.17) is 16.3 Å². The minimum absolute atomic E-state index is 0.0822. The van der Waals surface area contributed by atoms with Gasteiger partial charge in [0.2, 0.25) is 5.24 Å². The van der Waals surface area contributed by atoms with Gasteiger partial charge in [-0.25, -0.2) is 0 Å². The van der Waals surface area contributed by atoms with Gasteiger partial charge in [-0.3, -0.25) is 9.69 Å². The Labute approximate surface area is 159 Å². The molecule has 1 heterocycles. The van der Waals surface area contributed by atoms with Crippen molar-refractivity contribution in [2.24, 2.45) is 11.8 Å². The molecule has 0 amide bonds. The Morgan fingerprint density at radius 1 is 1.38 bits per heavy atom. The van der Waals surface area contributed by atoms with E-state index in [2.05, 4.69) is 17.0 Å². The number of ether oxygens (including phenoxy) is 1. The summed E-state index contributed by atoms with van der Waals surface area (Å²) in [6.07, 6.45) is 5.48. The lowest BCUT2D eigenvalue weighted by Gasteiger charge is -2.59. The maximum atomic E-state index is 12.0. The van der Waals surface area contributed by atoms with Gasteiger partial charge in [0.25, 0.3) is 0 Å². The van der Waals surface area contributed by atoms with Gasteiger partial charge >= 0.3 is 0 Å². The molecule has 5 rings (SSSR count). The van der Waals surface area contributed by atoms with E-state index in [0.29, 0.717) is 12.8 Å². The monoisotopic (exact) mass is 375 g/mol. The number of carbonyl (C=O) groups excluding carboxylic acids is 1. The smallest absolute Gasteiger partial charge is 0.224 e. The first-order chi connectivity index (χ1) is 12.5. The Balaban J connectivity index is 1.63. The van der Waals surface area contributed by atoms with Crippen LogP contribution in [-0.4, -0.2) is 47.1 Å². The molecular weight excluding hydrogens is 350 g/mol. The number of likely N-dealkylation sites (tertiary alicyclic amines) is 1. The number of methoxy groups -OCH3 is 1. The van der Waals surface area contributed by atoms with Gasteiger partial charge in [0.1, 0.15) is 5.75 Å². The molecular formula is C21H26ClNO3. The first-order valence-electron chi connectivity index (χ1n) is 9.80. The second-order valence-electron chi connectivity index (χ2n) is 8.85. The molecule has 2 saturated carbocycles. The van der Waals surface area contributed by atoms with Crippen molar-refractivity contribution < 1.29 is 14.6 Å². The van der Waals surface area contributed by atoms with E-state index >= 15 is 0 Å². The van der Waals surface area contributed by atoms with Crippen molar-refractivity contribution in [1.82, 2.24) is 4.90 Å². The standard InChI is InChI=1S/C21H26ClNO3/c1-26-16-5-4-14-8-18-21(25)11-15(19(22)24)10-20(21,17(14)9-16)6-7-23(18)12-13-2-3-13/h4-5,9,13,15,18,25H,2-3,6-8,10-12H2,1H3/t15-,18-,20-,21-/m1/s1. The van der Waals surface area contributed by atoms with Gasteiger partial charge in [-0.2, -0.15) is 0 Å². The van der Waals surface area contributed by atoms with Crippen molar-refractivity contribution in [3.63, 3.8) is 0 Å². The lowest BCUT2D eigenvalue weighted by atomic mass is 9.56. The fraction of sp³-hybridized carbons (Fsp3) is 0.667. The molecule has 1 aliphatic heterocycles. The van der Waals surface area contributed by atoms with Gasteiger partial charge in [-0.15, -0.1) is 0 Å². The SMILES string of the molecule is COc1ccc2c(c1)[C@]13CCN(CC4CC4)[C@H](C2)[C@]1(O)C[C@H](C(=O)Cl)C3. The molecule has 5 heteroatoms. The van der Waals surface area contributed by atoms with Crippen LogP contribution in [0.2, 0.25) is 0 Å². The van der Waals surface area contributed by atoms with E-state index < -0.39 is 5.60 Å². The highest BCUT2D eigenvalue weighted by Gasteiger charge is 2.67. The molecule has 0 unspecified atom stereocenters. The number of benzene rings is 1. The molecule has 0 aromatic heterocycles. The van der Waals surface area contributed by atoms with Crippen molar-refractivity contribution in [2.75, 3.05) is 20.2 Å². The first kappa shape index (κ1) is 17.0. The number of piperidine rings is 1. The van der Waals surface area contributed by atoms with Crippen LogP contribution in [0.1, 0.15) is 43.2 Å². The van der Waals surface area contributed by atoms with E-state index in [1.54, 1.807) is 7.11 Å². The second kappa shape index (κ2) is 5.70. The highest BCUT2D eigenvalue weighted by atomic mass is 35.5. The van der Waals surface area contributed by atoms with Crippen molar-refractivity contribution in [1.29, 1.82) is 0 Å².